The molecule has 2 nitrogen and oxygen atoms in total. The molecule has 0 saturated heterocycles. The van der Waals surface area contributed by atoms with Crippen LogP contribution in [0.5, 0.6) is 5.75 Å². The number of alkyl halides is 3. The van der Waals surface area contributed by atoms with E-state index in [1.165, 1.54) is 34.8 Å². The summed E-state index contributed by atoms with van der Waals surface area (Å²) in [6.45, 7) is 16.1. The van der Waals surface area contributed by atoms with Gasteiger partial charge in [0.05, 0.1) is 0 Å². The van der Waals surface area contributed by atoms with Crippen LogP contribution < -0.4 is 4.74 Å². The van der Waals surface area contributed by atoms with Crippen molar-refractivity contribution in [3.8, 4) is 5.75 Å². The van der Waals surface area contributed by atoms with Crippen LogP contribution in [-0.4, -0.2) is 33.1 Å². The Balaban J connectivity index is 1.62. The number of benzene rings is 2. The van der Waals surface area contributed by atoms with Crippen molar-refractivity contribution in [3.63, 3.8) is 0 Å². The SMILES string of the molecule is CCC(Cc1ccccc1)I(C)CCCOCCOc1ccc(C(C)(C)CC(C)(C)C)cc1. The number of hydrogen-bond donors (Lipinski definition) is 0. The molecule has 3 heteroatoms. The second-order valence-corrected chi connectivity index (χ2v) is 17.5. The van der Waals surface area contributed by atoms with Crippen LogP contribution in [-0.2, 0) is 16.6 Å². The van der Waals surface area contributed by atoms with Crippen molar-refractivity contribution in [2.24, 2.45) is 5.41 Å². The number of ether oxygens (including phenoxy) is 2. The molecule has 2 rings (SSSR count). The van der Waals surface area contributed by atoms with Crippen molar-refractivity contribution < 1.29 is 9.47 Å². The first-order chi connectivity index (χ1) is 15.6. The monoisotopic (exact) mass is 566 g/mol. The van der Waals surface area contributed by atoms with Gasteiger partial charge < -0.3 is 0 Å². The van der Waals surface area contributed by atoms with E-state index in [9.17, 15) is 0 Å². The molecule has 0 saturated carbocycles. The van der Waals surface area contributed by atoms with Gasteiger partial charge in [-0.05, 0) is 11.8 Å². The van der Waals surface area contributed by atoms with Crippen molar-refractivity contribution in [2.45, 2.75) is 76.6 Å². The molecule has 0 aromatic heterocycles. The molecule has 186 valence electrons. The average molecular weight is 567 g/mol. The van der Waals surface area contributed by atoms with E-state index in [1.807, 2.05) is 0 Å². The van der Waals surface area contributed by atoms with Crippen LogP contribution in [0.25, 0.3) is 0 Å². The fourth-order valence-electron chi connectivity index (χ4n) is 4.68. The maximum atomic E-state index is 5.91. The Kier molecular flexibility index (Phi) is 11.7. The average Bonchev–Trinajstić information content (AvgIpc) is 2.76. The number of hydrogen-bond acceptors (Lipinski definition) is 2. The molecule has 2 aromatic rings. The molecule has 0 radical (unpaired) electrons. The van der Waals surface area contributed by atoms with Gasteiger partial charge in [0, 0.05) is 0 Å². The van der Waals surface area contributed by atoms with Crippen molar-refractivity contribution in [1.29, 1.82) is 0 Å². The van der Waals surface area contributed by atoms with Crippen LogP contribution >= 0.6 is 19.8 Å². The summed E-state index contributed by atoms with van der Waals surface area (Å²) >= 11 is -0.926. The predicted octanol–water partition coefficient (Wildman–Crippen LogP) is 8.34. The molecule has 0 aliphatic heterocycles. The second-order valence-electron chi connectivity index (χ2n) is 11.0. The first-order valence-electron chi connectivity index (χ1n) is 12.5. The zero-order chi connectivity index (χ0) is 24.3. The molecule has 0 fully saturated rings. The van der Waals surface area contributed by atoms with Crippen LogP contribution in [0.1, 0.15) is 71.9 Å². The van der Waals surface area contributed by atoms with E-state index in [4.69, 9.17) is 9.47 Å². The Bertz CT molecular complexity index is 777. The fourth-order valence-corrected chi connectivity index (χ4v) is 9.84. The van der Waals surface area contributed by atoms with Gasteiger partial charge in [0.15, 0.2) is 0 Å². The van der Waals surface area contributed by atoms with Crippen molar-refractivity contribution in [1.82, 2.24) is 0 Å². The van der Waals surface area contributed by atoms with Gasteiger partial charge in [-0.25, -0.2) is 0 Å². The summed E-state index contributed by atoms with van der Waals surface area (Å²) in [6.07, 6.45) is 4.89. The molecule has 0 aliphatic carbocycles. The molecule has 2 aromatic carbocycles. The van der Waals surface area contributed by atoms with E-state index in [0.717, 1.165) is 22.7 Å². The zero-order valence-corrected chi connectivity index (χ0v) is 24.3. The molecular formula is C30H47IO2. The summed E-state index contributed by atoms with van der Waals surface area (Å²) in [4.78, 5) is 2.55. The van der Waals surface area contributed by atoms with E-state index in [-0.39, 0.29) is 5.41 Å². The normalized spacial score (nSPS) is 13.6. The number of halogens is 1. The minimum atomic E-state index is -0.926. The van der Waals surface area contributed by atoms with Crippen molar-refractivity contribution >= 4 is 19.8 Å². The van der Waals surface area contributed by atoms with E-state index >= 15 is 0 Å². The van der Waals surface area contributed by atoms with Crippen molar-refractivity contribution in [2.75, 3.05) is 29.2 Å². The summed E-state index contributed by atoms with van der Waals surface area (Å²) in [5.74, 6) is 0.933. The summed E-state index contributed by atoms with van der Waals surface area (Å²) in [5.41, 5.74) is 3.35. The molecule has 33 heavy (non-hydrogen) atoms. The topological polar surface area (TPSA) is 18.5 Å². The Hall–Kier alpha value is -1.07. The third-order valence-electron chi connectivity index (χ3n) is 6.09. The summed E-state index contributed by atoms with van der Waals surface area (Å²) in [7, 11) is 0. The van der Waals surface area contributed by atoms with Crippen molar-refractivity contribution in [3.05, 3.63) is 65.7 Å². The standard InChI is InChI=1S/C30H47IO2/c1-8-27(23-25-13-10-9-11-14-25)31(7)19-12-20-32-21-22-33-28-17-15-26(16-18-28)30(5,6)24-29(2,3)4/h9-11,13-18,27H,8,12,19-24H2,1-7H3. The maximum absolute atomic E-state index is 5.91. The van der Waals surface area contributed by atoms with E-state index < -0.39 is 19.8 Å². The van der Waals surface area contributed by atoms with Gasteiger partial charge in [0.25, 0.3) is 0 Å². The Morgan fingerprint density at radius 2 is 1.52 bits per heavy atom. The molecule has 0 bridgehead atoms. The molecular weight excluding hydrogens is 519 g/mol. The van der Waals surface area contributed by atoms with Crippen LogP contribution in [0.15, 0.2) is 54.6 Å². The molecule has 0 amide bonds. The van der Waals surface area contributed by atoms with Crippen LogP contribution in [0, 0.1) is 5.41 Å². The molecule has 0 aliphatic rings. The minimum absolute atomic E-state index is 0.165. The fraction of sp³-hybridized carbons (Fsp3) is 0.600. The third-order valence-corrected chi connectivity index (χ3v) is 12.9. The number of rotatable bonds is 14. The van der Waals surface area contributed by atoms with Crippen LogP contribution in [0.3, 0.4) is 0 Å². The Morgan fingerprint density at radius 1 is 0.848 bits per heavy atom. The second kappa shape index (κ2) is 13.7. The van der Waals surface area contributed by atoms with Gasteiger partial charge in [-0.2, -0.15) is 0 Å². The molecule has 0 spiro atoms. The van der Waals surface area contributed by atoms with Gasteiger partial charge in [-0.1, -0.05) is 34.6 Å². The van der Waals surface area contributed by atoms with Gasteiger partial charge in [0.1, 0.15) is 0 Å². The summed E-state index contributed by atoms with van der Waals surface area (Å²) in [5, 5.41) is 0. The van der Waals surface area contributed by atoms with Crippen LogP contribution in [0.2, 0.25) is 0 Å². The summed E-state index contributed by atoms with van der Waals surface area (Å²) < 4.78 is 14.1. The van der Waals surface area contributed by atoms with Gasteiger partial charge in [0.2, 0.25) is 0 Å². The van der Waals surface area contributed by atoms with Gasteiger partial charge in [-0.15, -0.1) is 0 Å². The molecule has 1 unspecified atom stereocenters. The van der Waals surface area contributed by atoms with E-state index in [1.54, 1.807) is 0 Å². The summed E-state index contributed by atoms with van der Waals surface area (Å²) in [6, 6.07) is 19.6. The van der Waals surface area contributed by atoms with E-state index in [0.29, 0.717) is 18.6 Å². The van der Waals surface area contributed by atoms with Crippen LogP contribution in [0.4, 0.5) is 0 Å². The zero-order valence-electron chi connectivity index (χ0n) is 22.1. The van der Waals surface area contributed by atoms with E-state index in [2.05, 4.69) is 101 Å². The molecule has 0 N–H and O–H groups in total. The van der Waals surface area contributed by atoms with Gasteiger partial charge >= 0.3 is 165 Å². The third kappa shape index (κ3) is 10.8. The Labute approximate surface area is 211 Å². The first-order valence-corrected chi connectivity index (χ1v) is 17.4. The predicted molar refractivity (Wildman–Crippen MR) is 154 cm³/mol. The molecule has 1 atom stereocenters. The van der Waals surface area contributed by atoms with Gasteiger partial charge in [-0.3, -0.25) is 0 Å². The quantitative estimate of drug-likeness (QED) is 0.130. The molecule has 0 heterocycles. The first kappa shape index (κ1) is 28.2. The Morgan fingerprint density at radius 3 is 2.12 bits per heavy atom.